The van der Waals surface area contributed by atoms with Crippen molar-refractivity contribution < 1.29 is 20.1 Å². The van der Waals surface area contributed by atoms with Gasteiger partial charge in [-0.25, -0.2) is 0 Å². The van der Waals surface area contributed by atoms with Gasteiger partial charge in [0.2, 0.25) is 0 Å². The Hall–Kier alpha value is -1.54. The number of hydrogen-bond acceptors (Lipinski definition) is 2. The molecule has 0 aliphatic rings. The maximum atomic E-state index is 4.72. The van der Waals surface area contributed by atoms with Crippen LogP contribution in [0.5, 0.6) is 0 Å². The van der Waals surface area contributed by atoms with E-state index in [1.807, 2.05) is 17.5 Å². The second-order valence-corrected chi connectivity index (χ2v) is 8.80. The Balaban J connectivity index is 0.00000157. The summed E-state index contributed by atoms with van der Waals surface area (Å²) in [6.45, 7) is 8.95. The summed E-state index contributed by atoms with van der Waals surface area (Å²) in [5, 5.41) is 6.44. The van der Waals surface area contributed by atoms with Crippen LogP contribution in [0.1, 0.15) is 31.9 Å². The number of pyridine rings is 1. The molecule has 5 aromatic rings. The first-order valence-electron chi connectivity index (χ1n) is 8.33. The second-order valence-electron chi connectivity index (χ2n) is 7.71. The summed E-state index contributed by atoms with van der Waals surface area (Å²) in [4.78, 5) is 4.72. The molecule has 127 valence electrons. The smallest absolute Gasteiger partial charge is 0.0348 e. The van der Waals surface area contributed by atoms with Crippen molar-refractivity contribution in [1.82, 2.24) is 4.98 Å². The minimum Gasteiger partial charge on any atom is -0.304 e. The first-order valence-corrected chi connectivity index (χ1v) is 9.14. The number of nitrogens with zero attached hydrogens (tertiary/aromatic N) is 1. The molecule has 0 saturated heterocycles. The fraction of sp³-hybridized carbons (Fsp3) is 0.227. The van der Waals surface area contributed by atoms with Crippen LogP contribution >= 0.6 is 11.3 Å². The van der Waals surface area contributed by atoms with Crippen molar-refractivity contribution in [3.05, 3.63) is 53.7 Å². The third-order valence-electron chi connectivity index (χ3n) is 4.97. The summed E-state index contributed by atoms with van der Waals surface area (Å²) >= 11 is 1.88. The summed E-state index contributed by atoms with van der Waals surface area (Å²) < 4.78 is 2.69. The third-order valence-corrected chi connectivity index (χ3v) is 6.07. The van der Waals surface area contributed by atoms with Crippen LogP contribution in [0.4, 0.5) is 0 Å². The molecule has 5 rings (SSSR count). The molecular weight excluding hydrogens is 503 g/mol. The normalized spacial score (nSPS) is 12.5. The molecule has 0 unspecified atom stereocenters. The molecule has 1 radical (unpaired) electrons. The first-order chi connectivity index (χ1) is 11.4. The molecule has 0 fully saturated rings. The molecule has 2 aromatic heterocycles. The third kappa shape index (κ3) is 2.33. The van der Waals surface area contributed by atoms with Gasteiger partial charge in [0.15, 0.2) is 0 Å². The van der Waals surface area contributed by atoms with Crippen LogP contribution in [-0.4, -0.2) is 4.98 Å². The number of thiophene rings is 1. The summed E-state index contributed by atoms with van der Waals surface area (Å²) in [6.07, 6.45) is 1.93. The van der Waals surface area contributed by atoms with E-state index in [4.69, 9.17) is 4.98 Å². The number of fused-ring (bicyclic) bond motifs is 3. The van der Waals surface area contributed by atoms with Crippen molar-refractivity contribution in [2.45, 2.75) is 33.1 Å². The molecule has 0 aliphatic carbocycles. The van der Waals surface area contributed by atoms with Gasteiger partial charge in [-0.3, -0.25) is 0 Å². The van der Waals surface area contributed by atoms with Crippen molar-refractivity contribution >= 4 is 53.2 Å². The molecule has 25 heavy (non-hydrogen) atoms. The quantitative estimate of drug-likeness (QED) is 0.166. The van der Waals surface area contributed by atoms with Crippen LogP contribution in [0.25, 0.3) is 41.8 Å². The van der Waals surface area contributed by atoms with Crippen LogP contribution in [0.3, 0.4) is 0 Å². The summed E-state index contributed by atoms with van der Waals surface area (Å²) in [5.74, 6) is 0. The topological polar surface area (TPSA) is 12.9 Å². The maximum Gasteiger partial charge on any atom is 0.0348 e. The van der Waals surface area contributed by atoms with Crippen LogP contribution < -0.4 is 0 Å². The SMILES string of the molecule is Cc1[c-]c2c(cc1)c1cc(C(C)(C)C)cc3sc4ccnc2c4c31.[Ir]. The molecule has 0 amide bonds. The van der Waals surface area contributed by atoms with Gasteiger partial charge in [0.05, 0.1) is 0 Å². The van der Waals surface area contributed by atoms with E-state index in [1.54, 1.807) is 0 Å². The van der Waals surface area contributed by atoms with Crippen LogP contribution in [0.15, 0.2) is 36.5 Å². The van der Waals surface area contributed by atoms with Crippen molar-refractivity contribution in [2.75, 3.05) is 0 Å². The minimum absolute atomic E-state index is 0. The molecule has 2 heterocycles. The number of rotatable bonds is 0. The Morgan fingerprint density at radius 2 is 1.76 bits per heavy atom. The standard InChI is InChI=1S/C22H18NS.Ir/c1-12-5-6-14-15-10-13(22(2,3)4)11-18-19(15)20-17(24-18)7-8-23-21(20)16(14)9-12;/h5-8,10-11H,1-4H3;/q-1;. The largest absolute Gasteiger partial charge is 0.304 e. The van der Waals surface area contributed by atoms with E-state index in [-0.39, 0.29) is 25.5 Å². The number of benzene rings is 3. The summed E-state index contributed by atoms with van der Waals surface area (Å²) in [5.41, 5.74) is 3.77. The van der Waals surface area contributed by atoms with Gasteiger partial charge in [0, 0.05) is 35.7 Å². The van der Waals surface area contributed by atoms with Gasteiger partial charge < -0.3 is 4.98 Å². The van der Waals surface area contributed by atoms with Gasteiger partial charge in [0.25, 0.3) is 0 Å². The minimum atomic E-state index is 0. The van der Waals surface area contributed by atoms with Gasteiger partial charge in [-0.2, -0.15) is 0 Å². The fourth-order valence-corrected chi connectivity index (χ4v) is 4.85. The van der Waals surface area contributed by atoms with Crippen molar-refractivity contribution in [2.24, 2.45) is 0 Å². The van der Waals surface area contributed by atoms with Crippen LogP contribution in [0, 0.1) is 13.0 Å². The maximum absolute atomic E-state index is 4.72. The second kappa shape index (κ2) is 5.48. The molecule has 0 atom stereocenters. The Bertz CT molecular complexity index is 1240. The van der Waals surface area contributed by atoms with Gasteiger partial charge in [-0.1, -0.05) is 44.5 Å². The number of hydrogen-bond donors (Lipinski definition) is 0. The van der Waals surface area contributed by atoms with E-state index in [0.717, 1.165) is 16.5 Å². The average Bonchev–Trinajstić information content (AvgIpc) is 2.91. The van der Waals surface area contributed by atoms with E-state index >= 15 is 0 Å². The van der Waals surface area contributed by atoms with E-state index in [0.29, 0.717) is 0 Å². The molecule has 0 saturated carbocycles. The molecule has 1 nitrogen and oxygen atoms in total. The molecule has 0 aliphatic heterocycles. The fourth-order valence-electron chi connectivity index (χ4n) is 3.69. The molecule has 3 heteroatoms. The Morgan fingerprint density at radius 1 is 0.960 bits per heavy atom. The monoisotopic (exact) mass is 521 g/mol. The van der Waals surface area contributed by atoms with Gasteiger partial charge in [-0.05, 0) is 39.4 Å². The summed E-state index contributed by atoms with van der Waals surface area (Å²) in [7, 11) is 0. The number of aryl methyl sites for hydroxylation is 1. The predicted molar refractivity (Wildman–Crippen MR) is 106 cm³/mol. The Morgan fingerprint density at radius 3 is 2.52 bits per heavy atom. The van der Waals surface area contributed by atoms with Gasteiger partial charge in [0.1, 0.15) is 0 Å². The molecule has 0 spiro atoms. The molecule has 0 N–H and O–H groups in total. The van der Waals surface area contributed by atoms with Crippen molar-refractivity contribution in [3.8, 4) is 0 Å². The van der Waals surface area contributed by atoms with Gasteiger partial charge in [-0.15, -0.1) is 40.5 Å². The zero-order valence-electron chi connectivity index (χ0n) is 14.7. The Labute approximate surface area is 164 Å². The van der Waals surface area contributed by atoms with Gasteiger partial charge >= 0.3 is 0 Å². The van der Waals surface area contributed by atoms with Crippen molar-refractivity contribution in [3.63, 3.8) is 0 Å². The zero-order chi connectivity index (χ0) is 16.6. The molecule has 3 aromatic carbocycles. The van der Waals surface area contributed by atoms with Crippen molar-refractivity contribution in [1.29, 1.82) is 0 Å². The predicted octanol–water partition coefficient (Wildman–Crippen LogP) is 6.60. The molecular formula is C22H18IrNS-. The number of aromatic nitrogens is 1. The van der Waals surface area contributed by atoms with Crippen LogP contribution in [0.2, 0.25) is 0 Å². The zero-order valence-corrected chi connectivity index (χ0v) is 17.9. The van der Waals surface area contributed by atoms with E-state index in [1.165, 1.54) is 36.5 Å². The van der Waals surface area contributed by atoms with E-state index in [9.17, 15) is 0 Å². The van der Waals surface area contributed by atoms with Crippen LogP contribution in [-0.2, 0) is 25.5 Å². The molecule has 0 bridgehead atoms. The average molecular weight is 521 g/mol. The van der Waals surface area contributed by atoms with E-state index in [2.05, 4.69) is 64.1 Å². The summed E-state index contributed by atoms with van der Waals surface area (Å²) in [6, 6.07) is 14.9. The van der Waals surface area contributed by atoms with E-state index < -0.39 is 0 Å². The first kappa shape index (κ1) is 16.9. The Kier molecular flexibility index (Phi) is 3.70.